The van der Waals surface area contributed by atoms with Crippen LogP contribution in [0.25, 0.3) is 21.8 Å². The van der Waals surface area contributed by atoms with E-state index in [1.165, 1.54) is 5.39 Å². The van der Waals surface area contributed by atoms with Crippen molar-refractivity contribution in [3.63, 3.8) is 0 Å². The number of benzene rings is 4. The highest BCUT2D eigenvalue weighted by atomic mass is 16.5. The molecule has 1 aromatic heterocycles. The fourth-order valence-electron chi connectivity index (χ4n) is 4.20. The molecule has 0 spiro atoms. The molecular formula is C29H28N2O3. The van der Waals surface area contributed by atoms with Crippen LogP contribution in [-0.4, -0.2) is 23.3 Å². The van der Waals surface area contributed by atoms with Crippen molar-refractivity contribution in [1.82, 2.24) is 9.55 Å². The zero-order chi connectivity index (χ0) is 23.2. The topological polar surface area (TPSA) is 45.5 Å². The van der Waals surface area contributed by atoms with Crippen molar-refractivity contribution in [2.75, 3.05) is 13.7 Å². The SMILES string of the molecule is COc1cccc(OCc2nc3ccccc3n2CCCCOc2cccc3ccccc23)c1. The minimum atomic E-state index is 0.397. The summed E-state index contributed by atoms with van der Waals surface area (Å²) in [6.45, 7) is 1.93. The smallest absolute Gasteiger partial charge is 0.147 e. The molecule has 0 radical (unpaired) electrons. The van der Waals surface area contributed by atoms with Gasteiger partial charge in [-0.2, -0.15) is 0 Å². The van der Waals surface area contributed by atoms with Crippen LogP contribution in [0.3, 0.4) is 0 Å². The molecule has 172 valence electrons. The predicted molar refractivity (Wildman–Crippen MR) is 136 cm³/mol. The fraction of sp³-hybridized carbons (Fsp3) is 0.207. The number of imidazole rings is 1. The number of rotatable bonds is 10. The number of ether oxygens (including phenoxy) is 3. The van der Waals surface area contributed by atoms with Crippen LogP contribution < -0.4 is 14.2 Å². The van der Waals surface area contributed by atoms with Crippen molar-refractivity contribution in [1.29, 1.82) is 0 Å². The molecule has 0 aliphatic rings. The van der Waals surface area contributed by atoms with Gasteiger partial charge >= 0.3 is 0 Å². The number of hydrogen-bond acceptors (Lipinski definition) is 4. The molecule has 1 heterocycles. The second-order valence-electron chi connectivity index (χ2n) is 8.17. The van der Waals surface area contributed by atoms with Crippen molar-refractivity contribution < 1.29 is 14.2 Å². The molecule has 0 saturated heterocycles. The maximum atomic E-state index is 6.12. The van der Waals surface area contributed by atoms with Gasteiger partial charge in [0.05, 0.1) is 24.8 Å². The third-order valence-electron chi connectivity index (χ3n) is 5.93. The van der Waals surface area contributed by atoms with E-state index in [-0.39, 0.29) is 0 Å². The monoisotopic (exact) mass is 452 g/mol. The fourth-order valence-corrected chi connectivity index (χ4v) is 4.20. The summed E-state index contributed by atoms with van der Waals surface area (Å²) in [5.41, 5.74) is 2.11. The van der Waals surface area contributed by atoms with Gasteiger partial charge in [-0.1, -0.05) is 54.6 Å². The molecule has 0 amide bonds. The van der Waals surface area contributed by atoms with Gasteiger partial charge in [0.25, 0.3) is 0 Å². The van der Waals surface area contributed by atoms with Crippen molar-refractivity contribution >= 4 is 21.8 Å². The van der Waals surface area contributed by atoms with Gasteiger partial charge in [-0.15, -0.1) is 0 Å². The lowest BCUT2D eigenvalue weighted by molar-refractivity contribution is 0.284. The Hall–Kier alpha value is -3.99. The molecule has 0 aliphatic heterocycles. The Kier molecular flexibility index (Phi) is 6.61. The van der Waals surface area contributed by atoms with Crippen LogP contribution >= 0.6 is 0 Å². The van der Waals surface area contributed by atoms with Gasteiger partial charge in [0, 0.05) is 18.0 Å². The summed E-state index contributed by atoms with van der Waals surface area (Å²) in [4.78, 5) is 4.83. The van der Waals surface area contributed by atoms with Crippen LogP contribution in [0.1, 0.15) is 18.7 Å². The standard InChI is InChI=1S/C29H28N2O3/c1-32-23-12-9-13-24(20-23)34-21-29-30-26-15-4-5-16-27(26)31(29)18-6-7-19-33-28-17-8-11-22-10-2-3-14-25(22)28/h2-5,8-17,20H,6-7,18-19,21H2,1H3. The molecule has 0 aliphatic carbocycles. The molecule has 5 heteroatoms. The Balaban J connectivity index is 1.23. The molecule has 4 aromatic carbocycles. The van der Waals surface area contributed by atoms with Crippen LogP contribution in [0.5, 0.6) is 17.2 Å². The van der Waals surface area contributed by atoms with Crippen molar-refractivity contribution in [3.05, 3.63) is 96.8 Å². The third kappa shape index (κ3) is 4.84. The molecule has 34 heavy (non-hydrogen) atoms. The Morgan fingerprint density at radius 2 is 1.56 bits per heavy atom. The molecule has 0 unspecified atom stereocenters. The number of aryl methyl sites for hydroxylation is 1. The van der Waals surface area contributed by atoms with Crippen LogP contribution in [0.15, 0.2) is 91.0 Å². The van der Waals surface area contributed by atoms with Crippen molar-refractivity contribution in [2.24, 2.45) is 0 Å². The summed E-state index contributed by atoms with van der Waals surface area (Å²) in [6, 6.07) is 30.4. The first-order valence-corrected chi connectivity index (χ1v) is 11.6. The number of aromatic nitrogens is 2. The number of fused-ring (bicyclic) bond motifs is 2. The normalized spacial score (nSPS) is 11.1. The summed E-state index contributed by atoms with van der Waals surface area (Å²) in [7, 11) is 1.66. The molecule has 0 saturated carbocycles. The Morgan fingerprint density at radius 1 is 0.765 bits per heavy atom. The van der Waals surface area contributed by atoms with Gasteiger partial charge in [-0.3, -0.25) is 0 Å². The lowest BCUT2D eigenvalue weighted by atomic mass is 10.1. The first kappa shape index (κ1) is 21.8. The van der Waals surface area contributed by atoms with E-state index in [0.29, 0.717) is 13.2 Å². The first-order chi connectivity index (χ1) is 16.8. The van der Waals surface area contributed by atoms with Crippen LogP contribution in [-0.2, 0) is 13.2 Å². The summed E-state index contributed by atoms with van der Waals surface area (Å²) >= 11 is 0. The van der Waals surface area contributed by atoms with E-state index in [2.05, 4.69) is 47.0 Å². The molecule has 5 nitrogen and oxygen atoms in total. The van der Waals surface area contributed by atoms with Gasteiger partial charge in [-0.25, -0.2) is 4.98 Å². The molecule has 5 aromatic rings. The van der Waals surface area contributed by atoms with Crippen LogP contribution in [0.2, 0.25) is 0 Å². The maximum absolute atomic E-state index is 6.12. The lowest BCUT2D eigenvalue weighted by Gasteiger charge is -2.12. The predicted octanol–water partition coefficient (Wildman–Crippen LogP) is 6.64. The summed E-state index contributed by atoms with van der Waals surface area (Å²) in [6.07, 6.45) is 1.93. The van der Waals surface area contributed by atoms with E-state index >= 15 is 0 Å². The number of para-hydroxylation sites is 2. The molecular weight excluding hydrogens is 424 g/mol. The van der Waals surface area contributed by atoms with E-state index in [0.717, 1.165) is 58.9 Å². The van der Waals surface area contributed by atoms with Crippen molar-refractivity contribution in [3.8, 4) is 17.2 Å². The minimum Gasteiger partial charge on any atom is -0.497 e. The third-order valence-corrected chi connectivity index (χ3v) is 5.93. The molecule has 0 bridgehead atoms. The Bertz CT molecular complexity index is 1390. The Morgan fingerprint density at radius 3 is 2.50 bits per heavy atom. The maximum Gasteiger partial charge on any atom is 0.147 e. The molecule has 0 N–H and O–H groups in total. The van der Waals surface area contributed by atoms with Gasteiger partial charge in [0.1, 0.15) is 29.7 Å². The summed E-state index contributed by atoms with van der Waals surface area (Å²) in [5.74, 6) is 3.40. The van der Waals surface area contributed by atoms with Crippen molar-refractivity contribution in [2.45, 2.75) is 26.0 Å². The number of hydrogen-bond donors (Lipinski definition) is 0. The number of unbranched alkanes of at least 4 members (excludes halogenated alkanes) is 1. The molecule has 5 rings (SSSR count). The van der Waals surface area contributed by atoms with E-state index in [9.17, 15) is 0 Å². The van der Waals surface area contributed by atoms with E-state index in [1.807, 2.05) is 48.5 Å². The van der Waals surface area contributed by atoms with E-state index in [1.54, 1.807) is 7.11 Å². The Labute approximate surface area is 199 Å². The average molecular weight is 453 g/mol. The van der Waals surface area contributed by atoms with Gasteiger partial charge < -0.3 is 18.8 Å². The van der Waals surface area contributed by atoms with E-state index in [4.69, 9.17) is 19.2 Å². The highest BCUT2D eigenvalue weighted by molar-refractivity contribution is 5.88. The van der Waals surface area contributed by atoms with Gasteiger partial charge in [-0.05, 0) is 48.6 Å². The molecule has 0 fully saturated rings. The second kappa shape index (κ2) is 10.3. The van der Waals surface area contributed by atoms with Crippen LogP contribution in [0.4, 0.5) is 0 Å². The number of methoxy groups -OCH3 is 1. The number of nitrogens with zero attached hydrogens (tertiary/aromatic N) is 2. The van der Waals surface area contributed by atoms with E-state index < -0.39 is 0 Å². The quantitative estimate of drug-likeness (QED) is 0.223. The van der Waals surface area contributed by atoms with Gasteiger partial charge in [0.2, 0.25) is 0 Å². The highest BCUT2D eigenvalue weighted by Crippen LogP contribution is 2.26. The summed E-state index contributed by atoms with van der Waals surface area (Å²) < 4.78 is 19.7. The molecule has 0 atom stereocenters. The highest BCUT2D eigenvalue weighted by Gasteiger charge is 2.11. The average Bonchev–Trinajstić information content (AvgIpc) is 3.25. The van der Waals surface area contributed by atoms with Gasteiger partial charge in [0.15, 0.2) is 0 Å². The lowest BCUT2D eigenvalue weighted by Crippen LogP contribution is -2.09. The minimum absolute atomic E-state index is 0.397. The largest absolute Gasteiger partial charge is 0.497 e. The summed E-state index contributed by atoms with van der Waals surface area (Å²) in [5, 5.41) is 2.35. The zero-order valence-electron chi connectivity index (χ0n) is 19.3. The van der Waals surface area contributed by atoms with Crippen LogP contribution in [0, 0.1) is 0 Å². The zero-order valence-corrected chi connectivity index (χ0v) is 19.3. The second-order valence-corrected chi connectivity index (χ2v) is 8.17. The first-order valence-electron chi connectivity index (χ1n) is 11.6.